The normalized spacial score (nSPS) is 29.2. The number of nitrogens with one attached hydrogen (secondary N) is 1. The summed E-state index contributed by atoms with van der Waals surface area (Å²) in [4.78, 5) is 13.3. The van der Waals surface area contributed by atoms with Crippen molar-refractivity contribution in [3.8, 4) is 0 Å². The fourth-order valence-corrected chi connectivity index (χ4v) is 1.88. The molecule has 1 fully saturated rings. The smallest absolute Gasteiger partial charge is 0.233 e. The Balaban J connectivity index is 2.40. The number of likely N-dealkylation sites (tertiary alicyclic amines) is 1. The van der Waals surface area contributed by atoms with Gasteiger partial charge in [-0.3, -0.25) is 9.69 Å². The van der Waals surface area contributed by atoms with Crippen LogP contribution in [0.25, 0.3) is 0 Å². The van der Waals surface area contributed by atoms with Crippen molar-refractivity contribution in [1.82, 2.24) is 10.2 Å². The van der Waals surface area contributed by atoms with Gasteiger partial charge in [-0.15, -0.1) is 0 Å². The van der Waals surface area contributed by atoms with Gasteiger partial charge in [-0.2, -0.15) is 0 Å². The lowest BCUT2D eigenvalue weighted by atomic mass is 10.0. The van der Waals surface area contributed by atoms with Gasteiger partial charge in [0.2, 0.25) is 5.91 Å². The first-order chi connectivity index (χ1) is 6.19. The van der Waals surface area contributed by atoms with Crippen molar-refractivity contribution in [3.63, 3.8) is 0 Å². The summed E-state index contributed by atoms with van der Waals surface area (Å²) < 4.78 is 0. The minimum Gasteiger partial charge on any atom is -0.358 e. The van der Waals surface area contributed by atoms with E-state index >= 15 is 0 Å². The molecule has 2 atom stereocenters. The van der Waals surface area contributed by atoms with E-state index in [1.54, 1.807) is 7.05 Å². The number of nitrogens with two attached hydrogens (primary N) is 1. The summed E-state index contributed by atoms with van der Waals surface area (Å²) in [5, 5.41) is 2.63. The molecule has 0 spiro atoms. The summed E-state index contributed by atoms with van der Waals surface area (Å²) in [6, 6.07) is 0.447. The average molecular weight is 185 g/mol. The number of likely N-dealkylation sites (N-methyl/N-ethyl adjacent to an activating group) is 1. The molecule has 4 heteroatoms. The predicted molar refractivity (Wildman–Crippen MR) is 52.3 cm³/mol. The van der Waals surface area contributed by atoms with Crippen LogP contribution in [-0.2, 0) is 4.79 Å². The molecular weight excluding hydrogens is 166 g/mol. The highest BCUT2D eigenvalue weighted by atomic mass is 16.1. The fourth-order valence-electron chi connectivity index (χ4n) is 1.88. The molecule has 1 aliphatic heterocycles. The molecule has 0 aromatic carbocycles. The lowest BCUT2D eigenvalue weighted by Crippen LogP contribution is -2.39. The van der Waals surface area contributed by atoms with Crippen molar-refractivity contribution in [2.75, 3.05) is 26.7 Å². The lowest BCUT2D eigenvalue weighted by Gasteiger charge is -2.22. The minimum atomic E-state index is 0.0875. The number of amides is 1. The quantitative estimate of drug-likeness (QED) is 0.617. The zero-order valence-electron chi connectivity index (χ0n) is 8.42. The molecule has 0 aromatic heterocycles. The van der Waals surface area contributed by atoms with E-state index in [9.17, 15) is 4.79 Å². The van der Waals surface area contributed by atoms with Crippen LogP contribution in [0.2, 0.25) is 0 Å². The Morgan fingerprint density at radius 2 is 2.38 bits per heavy atom. The van der Waals surface area contributed by atoms with Crippen LogP contribution < -0.4 is 11.1 Å². The van der Waals surface area contributed by atoms with Crippen LogP contribution in [0.15, 0.2) is 0 Å². The van der Waals surface area contributed by atoms with Gasteiger partial charge in [-0.25, -0.2) is 0 Å². The number of nitrogens with zero attached hydrogens (tertiary/aromatic N) is 1. The zero-order chi connectivity index (χ0) is 9.84. The molecule has 13 heavy (non-hydrogen) atoms. The monoisotopic (exact) mass is 185 g/mol. The average Bonchev–Trinajstić information content (AvgIpc) is 2.48. The topological polar surface area (TPSA) is 58.4 Å². The molecule has 1 amide bonds. The van der Waals surface area contributed by atoms with Gasteiger partial charge in [0.1, 0.15) is 0 Å². The summed E-state index contributed by atoms with van der Waals surface area (Å²) in [5.74, 6) is 0.647. The van der Waals surface area contributed by atoms with E-state index in [1.165, 1.54) is 0 Å². The van der Waals surface area contributed by atoms with Crippen molar-refractivity contribution in [1.29, 1.82) is 0 Å². The second-order valence-electron chi connectivity index (χ2n) is 3.67. The molecule has 4 nitrogen and oxygen atoms in total. The SMILES string of the molecule is CNC(=O)CN1CCC(CN)C1C. The Morgan fingerprint density at radius 1 is 1.69 bits per heavy atom. The number of hydrogen-bond acceptors (Lipinski definition) is 3. The second-order valence-corrected chi connectivity index (χ2v) is 3.67. The van der Waals surface area contributed by atoms with Crippen LogP contribution >= 0.6 is 0 Å². The third kappa shape index (κ3) is 2.42. The Morgan fingerprint density at radius 3 is 2.85 bits per heavy atom. The molecule has 0 radical (unpaired) electrons. The maximum absolute atomic E-state index is 11.1. The molecule has 1 saturated heterocycles. The van der Waals surface area contributed by atoms with E-state index in [2.05, 4.69) is 17.1 Å². The van der Waals surface area contributed by atoms with Gasteiger partial charge in [-0.05, 0) is 32.4 Å². The van der Waals surface area contributed by atoms with Crippen LogP contribution in [0.3, 0.4) is 0 Å². The summed E-state index contributed by atoms with van der Waals surface area (Å²) in [5.41, 5.74) is 5.62. The Bertz CT molecular complexity index is 184. The molecule has 1 heterocycles. The molecule has 0 aromatic rings. The third-order valence-corrected chi connectivity index (χ3v) is 2.97. The van der Waals surface area contributed by atoms with Gasteiger partial charge < -0.3 is 11.1 Å². The third-order valence-electron chi connectivity index (χ3n) is 2.97. The number of rotatable bonds is 3. The number of carbonyl (C=O) groups is 1. The molecule has 3 N–H and O–H groups in total. The second kappa shape index (κ2) is 4.58. The predicted octanol–water partition coefficient (Wildman–Crippen LogP) is -0.598. The maximum Gasteiger partial charge on any atom is 0.233 e. The highest BCUT2D eigenvalue weighted by Gasteiger charge is 2.30. The Hall–Kier alpha value is -0.610. The standard InChI is InChI=1S/C9H19N3O/c1-7-8(5-10)3-4-12(7)6-9(13)11-2/h7-8H,3-6,10H2,1-2H3,(H,11,13). The van der Waals surface area contributed by atoms with Crippen molar-refractivity contribution < 1.29 is 4.79 Å². The molecule has 1 rings (SSSR count). The number of hydrogen-bond donors (Lipinski definition) is 2. The van der Waals surface area contributed by atoms with E-state index in [-0.39, 0.29) is 5.91 Å². The highest BCUT2D eigenvalue weighted by molar-refractivity contribution is 5.77. The number of carbonyl (C=O) groups excluding carboxylic acids is 1. The van der Waals surface area contributed by atoms with Crippen LogP contribution in [-0.4, -0.2) is 43.5 Å². The molecule has 76 valence electrons. The van der Waals surface area contributed by atoms with Gasteiger partial charge in [-0.1, -0.05) is 0 Å². The lowest BCUT2D eigenvalue weighted by molar-refractivity contribution is -0.121. The van der Waals surface area contributed by atoms with Crippen LogP contribution in [0.5, 0.6) is 0 Å². The van der Waals surface area contributed by atoms with Gasteiger partial charge in [0, 0.05) is 13.1 Å². The summed E-state index contributed by atoms with van der Waals surface area (Å²) >= 11 is 0. The Labute approximate surface area is 79.5 Å². The van der Waals surface area contributed by atoms with Gasteiger partial charge in [0.05, 0.1) is 6.54 Å². The molecular formula is C9H19N3O. The molecule has 0 bridgehead atoms. The van der Waals surface area contributed by atoms with Crippen LogP contribution in [0.4, 0.5) is 0 Å². The summed E-state index contributed by atoms with van der Waals surface area (Å²) in [6.45, 7) is 4.38. The van der Waals surface area contributed by atoms with E-state index in [0.717, 1.165) is 19.5 Å². The van der Waals surface area contributed by atoms with Crippen LogP contribution in [0.1, 0.15) is 13.3 Å². The van der Waals surface area contributed by atoms with Crippen molar-refractivity contribution in [2.45, 2.75) is 19.4 Å². The van der Waals surface area contributed by atoms with E-state index in [1.807, 2.05) is 0 Å². The van der Waals surface area contributed by atoms with Gasteiger partial charge in [0.25, 0.3) is 0 Å². The molecule has 2 unspecified atom stereocenters. The van der Waals surface area contributed by atoms with Gasteiger partial charge in [0.15, 0.2) is 0 Å². The first-order valence-corrected chi connectivity index (χ1v) is 4.83. The fraction of sp³-hybridized carbons (Fsp3) is 0.889. The first kappa shape index (κ1) is 10.5. The highest BCUT2D eigenvalue weighted by Crippen LogP contribution is 2.22. The molecule has 0 aliphatic carbocycles. The summed E-state index contributed by atoms with van der Waals surface area (Å²) in [6.07, 6.45) is 1.12. The van der Waals surface area contributed by atoms with Crippen molar-refractivity contribution >= 4 is 5.91 Å². The maximum atomic E-state index is 11.1. The minimum absolute atomic E-state index is 0.0875. The largest absolute Gasteiger partial charge is 0.358 e. The van der Waals surface area contributed by atoms with Crippen molar-refractivity contribution in [2.24, 2.45) is 11.7 Å². The zero-order valence-corrected chi connectivity index (χ0v) is 8.42. The van der Waals surface area contributed by atoms with Crippen LogP contribution in [0, 0.1) is 5.92 Å². The first-order valence-electron chi connectivity index (χ1n) is 4.83. The summed E-state index contributed by atoms with van der Waals surface area (Å²) in [7, 11) is 1.67. The molecule has 0 saturated carbocycles. The van der Waals surface area contributed by atoms with E-state index in [4.69, 9.17) is 5.73 Å². The van der Waals surface area contributed by atoms with E-state index < -0.39 is 0 Å². The van der Waals surface area contributed by atoms with Crippen molar-refractivity contribution in [3.05, 3.63) is 0 Å². The Kier molecular flexibility index (Phi) is 3.69. The van der Waals surface area contributed by atoms with Gasteiger partial charge >= 0.3 is 0 Å². The molecule has 1 aliphatic rings. The van der Waals surface area contributed by atoms with E-state index in [0.29, 0.717) is 18.5 Å².